The Balaban J connectivity index is 1.46. The molecule has 1 unspecified atom stereocenters. The normalized spacial score (nSPS) is 15.6. The van der Waals surface area contributed by atoms with Crippen LogP contribution in [0.3, 0.4) is 0 Å². The minimum atomic E-state index is -3.69. The monoisotopic (exact) mass is 604 g/mol. The van der Waals surface area contributed by atoms with Gasteiger partial charge in [-0.1, -0.05) is 12.1 Å². The first-order valence-corrected chi connectivity index (χ1v) is 15.6. The van der Waals surface area contributed by atoms with E-state index in [1.54, 1.807) is 35.2 Å². The Hall–Kier alpha value is -4.71. The second-order valence-electron chi connectivity index (χ2n) is 10.6. The summed E-state index contributed by atoms with van der Waals surface area (Å²) in [6.45, 7) is 0.767. The summed E-state index contributed by atoms with van der Waals surface area (Å²) in [7, 11) is -0.738. The predicted octanol–water partition coefficient (Wildman–Crippen LogP) is 5.16. The van der Waals surface area contributed by atoms with Crippen molar-refractivity contribution in [1.29, 1.82) is 0 Å². The number of fused-ring (bicyclic) bond motifs is 2. The Morgan fingerprint density at radius 1 is 1.07 bits per heavy atom. The summed E-state index contributed by atoms with van der Waals surface area (Å²) in [5.41, 5.74) is 3.15. The van der Waals surface area contributed by atoms with E-state index in [9.17, 15) is 22.4 Å². The fraction of sp³-hybridized carbons (Fsp3) is 0.258. The third-order valence-corrected chi connectivity index (χ3v) is 9.05. The van der Waals surface area contributed by atoms with Crippen LogP contribution in [0.1, 0.15) is 45.4 Å². The quantitative estimate of drug-likeness (QED) is 0.284. The van der Waals surface area contributed by atoms with Gasteiger partial charge in [-0.15, -0.1) is 0 Å². The molecule has 3 aromatic carbocycles. The molecule has 0 spiro atoms. The standard InChI is InChI=1S/C31H29FN4O6S/c1-33-29(37)27-22-15-21(19-7-6-14-36(17-19)31(38)30-34-23-8-4-5-9-25(23)42-30)24(35(2)43(3,39)40)16-26(22)41-28(27)18-10-12-20(32)13-11-18/h4-5,8-13,15-16,19H,6-7,14,17H2,1-3H3,(H,33,37). The van der Waals surface area contributed by atoms with Gasteiger partial charge in [0.25, 0.3) is 11.8 Å². The molecule has 2 amide bonds. The molecule has 0 aliphatic carbocycles. The predicted molar refractivity (Wildman–Crippen MR) is 160 cm³/mol. The highest BCUT2D eigenvalue weighted by Crippen LogP contribution is 2.42. The van der Waals surface area contributed by atoms with Crippen molar-refractivity contribution in [3.05, 3.63) is 83.5 Å². The molecule has 0 bridgehead atoms. The lowest BCUT2D eigenvalue weighted by Gasteiger charge is -2.34. The molecule has 1 aliphatic rings. The van der Waals surface area contributed by atoms with Crippen LogP contribution in [0.25, 0.3) is 33.4 Å². The van der Waals surface area contributed by atoms with Crippen LogP contribution in [0, 0.1) is 5.82 Å². The van der Waals surface area contributed by atoms with Crippen LogP contribution in [0.2, 0.25) is 0 Å². The van der Waals surface area contributed by atoms with Crippen molar-refractivity contribution < 1.29 is 31.2 Å². The number of sulfonamides is 1. The average Bonchev–Trinajstić information content (AvgIpc) is 3.61. The maximum absolute atomic E-state index is 13.7. The van der Waals surface area contributed by atoms with E-state index >= 15 is 0 Å². The molecule has 1 N–H and O–H groups in total. The van der Waals surface area contributed by atoms with Gasteiger partial charge in [-0.2, -0.15) is 0 Å². The van der Waals surface area contributed by atoms with Gasteiger partial charge in [0.15, 0.2) is 5.58 Å². The molecular formula is C31H29FN4O6S. The number of anilines is 1. The number of oxazole rings is 1. The highest BCUT2D eigenvalue weighted by atomic mass is 32.2. The zero-order valence-corrected chi connectivity index (χ0v) is 24.6. The molecule has 0 radical (unpaired) electrons. The van der Waals surface area contributed by atoms with Gasteiger partial charge in [0.05, 0.1) is 17.5 Å². The van der Waals surface area contributed by atoms with E-state index in [0.717, 1.165) is 6.26 Å². The lowest BCUT2D eigenvalue weighted by Crippen LogP contribution is -2.39. The minimum absolute atomic E-state index is 0.00791. The van der Waals surface area contributed by atoms with Gasteiger partial charge in [-0.3, -0.25) is 13.9 Å². The van der Waals surface area contributed by atoms with Crippen molar-refractivity contribution in [2.75, 3.05) is 37.7 Å². The number of hydrogen-bond donors (Lipinski definition) is 1. The van der Waals surface area contributed by atoms with Gasteiger partial charge >= 0.3 is 5.91 Å². The molecule has 5 aromatic rings. The molecule has 1 fully saturated rings. The number of rotatable bonds is 6. The molecule has 1 atom stereocenters. The molecule has 10 nitrogen and oxygen atoms in total. The summed E-state index contributed by atoms with van der Waals surface area (Å²) in [6.07, 6.45) is 2.43. The number of benzene rings is 3. The molecule has 3 heterocycles. The summed E-state index contributed by atoms with van der Waals surface area (Å²) >= 11 is 0. The molecule has 1 saturated heterocycles. The maximum Gasteiger partial charge on any atom is 0.309 e. The van der Waals surface area contributed by atoms with Gasteiger partial charge in [-0.05, 0) is 60.9 Å². The number of aromatic nitrogens is 1. The van der Waals surface area contributed by atoms with Gasteiger partial charge in [0.1, 0.15) is 22.7 Å². The number of carbonyl (C=O) groups excluding carboxylic acids is 2. The van der Waals surface area contributed by atoms with Crippen molar-refractivity contribution in [1.82, 2.24) is 15.2 Å². The minimum Gasteiger partial charge on any atom is -0.455 e. The Morgan fingerprint density at radius 2 is 1.81 bits per heavy atom. The van der Waals surface area contributed by atoms with Gasteiger partial charge in [0, 0.05) is 50.1 Å². The Labute approximate surface area is 247 Å². The zero-order chi connectivity index (χ0) is 30.5. The number of furan rings is 1. The topological polar surface area (TPSA) is 126 Å². The number of nitrogens with one attached hydrogen (secondary N) is 1. The summed E-state index contributed by atoms with van der Waals surface area (Å²) in [5.74, 6) is -1.25. The number of nitrogens with zero attached hydrogens (tertiary/aromatic N) is 3. The van der Waals surface area contributed by atoms with Crippen molar-refractivity contribution in [2.45, 2.75) is 18.8 Å². The van der Waals surface area contributed by atoms with Crippen LogP contribution in [-0.2, 0) is 10.0 Å². The van der Waals surface area contributed by atoms with E-state index in [4.69, 9.17) is 8.83 Å². The molecule has 0 saturated carbocycles. The number of carbonyl (C=O) groups is 2. The summed E-state index contributed by atoms with van der Waals surface area (Å²) in [6, 6.07) is 16.1. The summed E-state index contributed by atoms with van der Waals surface area (Å²) in [5, 5.41) is 3.12. The van der Waals surface area contributed by atoms with Crippen molar-refractivity contribution in [3.63, 3.8) is 0 Å². The number of piperidine rings is 1. The number of hydrogen-bond acceptors (Lipinski definition) is 7. The fourth-order valence-electron chi connectivity index (χ4n) is 5.60. The second kappa shape index (κ2) is 10.8. The first kappa shape index (κ1) is 28.4. The van der Waals surface area contributed by atoms with Crippen LogP contribution in [0.15, 0.2) is 69.5 Å². The largest absolute Gasteiger partial charge is 0.455 e. The Bertz CT molecular complexity index is 1950. The first-order valence-electron chi connectivity index (χ1n) is 13.7. The third-order valence-electron chi connectivity index (χ3n) is 7.86. The molecule has 6 rings (SSSR count). The molecule has 1 aliphatic heterocycles. The first-order chi connectivity index (χ1) is 20.5. The molecule has 12 heteroatoms. The van der Waals surface area contributed by atoms with Crippen molar-refractivity contribution >= 4 is 49.6 Å². The summed E-state index contributed by atoms with van der Waals surface area (Å²) in [4.78, 5) is 32.7. The van der Waals surface area contributed by atoms with Crippen molar-refractivity contribution in [2.24, 2.45) is 0 Å². The number of para-hydroxylation sites is 2. The van der Waals surface area contributed by atoms with Crippen LogP contribution < -0.4 is 9.62 Å². The maximum atomic E-state index is 13.7. The van der Waals surface area contributed by atoms with E-state index < -0.39 is 21.7 Å². The molecule has 43 heavy (non-hydrogen) atoms. The molecule has 2 aromatic heterocycles. The lowest BCUT2D eigenvalue weighted by molar-refractivity contribution is 0.0669. The van der Waals surface area contributed by atoms with Gasteiger partial charge < -0.3 is 19.1 Å². The van der Waals surface area contributed by atoms with Gasteiger partial charge in [-0.25, -0.2) is 17.8 Å². The highest BCUT2D eigenvalue weighted by molar-refractivity contribution is 7.92. The highest BCUT2D eigenvalue weighted by Gasteiger charge is 2.33. The Kier molecular flexibility index (Phi) is 7.17. The summed E-state index contributed by atoms with van der Waals surface area (Å²) < 4.78 is 52.2. The second-order valence-corrected chi connectivity index (χ2v) is 12.6. The van der Waals surface area contributed by atoms with Crippen LogP contribution >= 0.6 is 0 Å². The van der Waals surface area contributed by atoms with E-state index in [1.807, 2.05) is 6.07 Å². The van der Waals surface area contributed by atoms with E-state index in [0.29, 0.717) is 58.3 Å². The number of amides is 2. The van der Waals surface area contributed by atoms with E-state index in [-0.39, 0.29) is 35.6 Å². The van der Waals surface area contributed by atoms with E-state index in [1.165, 1.54) is 42.7 Å². The van der Waals surface area contributed by atoms with Crippen molar-refractivity contribution in [3.8, 4) is 11.3 Å². The van der Waals surface area contributed by atoms with Crippen LogP contribution in [-0.4, -0.2) is 63.6 Å². The van der Waals surface area contributed by atoms with Crippen LogP contribution in [0.5, 0.6) is 0 Å². The molecule has 222 valence electrons. The lowest BCUT2D eigenvalue weighted by atomic mass is 9.88. The fourth-order valence-corrected chi connectivity index (χ4v) is 6.11. The number of likely N-dealkylation sites (tertiary alicyclic amines) is 1. The van der Waals surface area contributed by atoms with E-state index in [2.05, 4.69) is 10.3 Å². The Morgan fingerprint density at radius 3 is 2.51 bits per heavy atom. The molecular weight excluding hydrogens is 575 g/mol. The smallest absolute Gasteiger partial charge is 0.309 e. The van der Waals surface area contributed by atoms with Gasteiger partial charge in [0.2, 0.25) is 10.0 Å². The SMILES string of the molecule is CNC(=O)c1c(-c2ccc(F)cc2)oc2cc(N(C)S(C)(=O)=O)c(C3CCCN(C(=O)c4nc5ccccc5o4)C3)cc12. The average molecular weight is 605 g/mol. The zero-order valence-electron chi connectivity index (χ0n) is 23.8. The number of halogens is 1. The third kappa shape index (κ3) is 5.22. The van der Waals surface area contributed by atoms with Crippen LogP contribution in [0.4, 0.5) is 10.1 Å².